The lowest BCUT2D eigenvalue weighted by Gasteiger charge is -2.46. The number of benzene rings is 1. The third-order valence-corrected chi connectivity index (χ3v) is 7.24. The van der Waals surface area contributed by atoms with Gasteiger partial charge in [0.05, 0.1) is 16.9 Å². The van der Waals surface area contributed by atoms with Gasteiger partial charge in [-0.25, -0.2) is 0 Å². The van der Waals surface area contributed by atoms with Crippen molar-refractivity contribution in [3.05, 3.63) is 47.8 Å². The zero-order chi connectivity index (χ0) is 19.1. The van der Waals surface area contributed by atoms with Crippen molar-refractivity contribution in [3.63, 3.8) is 0 Å². The third kappa shape index (κ3) is 3.03. The van der Waals surface area contributed by atoms with Gasteiger partial charge < -0.3 is 14.8 Å². The average molecular weight is 378 g/mol. The van der Waals surface area contributed by atoms with Crippen LogP contribution in [0, 0.1) is 12.8 Å². The molecule has 1 saturated heterocycles. The molecule has 1 N–H and O–H groups in total. The van der Waals surface area contributed by atoms with Crippen LogP contribution in [-0.4, -0.2) is 28.5 Å². The van der Waals surface area contributed by atoms with Gasteiger partial charge in [-0.1, -0.05) is 31.7 Å². The minimum Gasteiger partial charge on any atom is -0.372 e. The average Bonchev–Trinajstić information content (AvgIpc) is 3.39. The number of hydrogen-bond donors (Lipinski definition) is 1. The minimum absolute atomic E-state index is 0.0630. The first-order valence-electron chi connectivity index (χ1n) is 11.0. The van der Waals surface area contributed by atoms with Crippen molar-refractivity contribution in [3.8, 4) is 5.69 Å². The van der Waals surface area contributed by atoms with E-state index in [1.807, 2.05) is 0 Å². The second-order valence-electron chi connectivity index (χ2n) is 9.06. The smallest absolute Gasteiger partial charge is 0.222 e. The SMILES string of the molecule is Cc1ccc2c(c1)NC1(CCN(C(=O)CCC3CCCC3)CC1)c1cccn1-2. The summed E-state index contributed by atoms with van der Waals surface area (Å²) >= 11 is 0. The summed E-state index contributed by atoms with van der Waals surface area (Å²) in [5, 5.41) is 3.87. The Morgan fingerprint density at radius 1 is 1.18 bits per heavy atom. The van der Waals surface area contributed by atoms with Crippen molar-refractivity contribution in [2.75, 3.05) is 18.4 Å². The van der Waals surface area contributed by atoms with Gasteiger partial charge in [0.15, 0.2) is 0 Å². The van der Waals surface area contributed by atoms with Gasteiger partial charge in [0.1, 0.15) is 0 Å². The molecule has 1 aliphatic carbocycles. The van der Waals surface area contributed by atoms with E-state index in [1.54, 1.807) is 0 Å². The number of carbonyl (C=O) groups is 1. The van der Waals surface area contributed by atoms with E-state index in [-0.39, 0.29) is 5.54 Å². The highest BCUT2D eigenvalue weighted by Gasteiger charge is 2.42. The van der Waals surface area contributed by atoms with Gasteiger partial charge in [0, 0.05) is 31.4 Å². The van der Waals surface area contributed by atoms with Gasteiger partial charge in [-0.15, -0.1) is 0 Å². The number of rotatable bonds is 3. The van der Waals surface area contributed by atoms with Crippen LogP contribution in [0.15, 0.2) is 36.5 Å². The molecule has 2 fully saturated rings. The van der Waals surface area contributed by atoms with Crippen LogP contribution < -0.4 is 5.32 Å². The minimum atomic E-state index is -0.0630. The maximum Gasteiger partial charge on any atom is 0.222 e. The van der Waals surface area contributed by atoms with Gasteiger partial charge >= 0.3 is 0 Å². The molecule has 4 nitrogen and oxygen atoms in total. The Hall–Kier alpha value is -2.23. The molecule has 0 atom stereocenters. The number of nitrogens with zero attached hydrogens (tertiary/aromatic N) is 2. The number of piperidine rings is 1. The van der Waals surface area contributed by atoms with E-state index >= 15 is 0 Å². The van der Waals surface area contributed by atoms with Crippen LogP contribution in [0.2, 0.25) is 0 Å². The zero-order valence-corrected chi connectivity index (χ0v) is 16.9. The number of carbonyl (C=O) groups excluding carboxylic acids is 1. The second kappa shape index (κ2) is 6.98. The summed E-state index contributed by atoms with van der Waals surface area (Å²) in [6, 6.07) is 11.0. The molecule has 2 aromatic rings. The highest BCUT2D eigenvalue weighted by Crippen LogP contribution is 2.43. The summed E-state index contributed by atoms with van der Waals surface area (Å²) in [7, 11) is 0. The Morgan fingerprint density at radius 2 is 1.96 bits per heavy atom. The van der Waals surface area contributed by atoms with Crippen LogP contribution in [0.5, 0.6) is 0 Å². The van der Waals surface area contributed by atoms with Crippen LogP contribution in [0.1, 0.15) is 62.6 Å². The van der Waals surface area contributed by atoms with E-state index in [0.29, 0.717) is 5.91 Å². The van der Waals surface area contributed by atoms with Gasteiger partial charge in [0.25, 0.3) is 0 Å². The van der Waals surface area contributed by atoms with E-state index < -0.39 is 0 Å². The van der Waals surface area contributed by atoms with Gasteiger partial charge in [-0.2, -0.15) is 0 Å². The number of amides is 1. The lowest BCUT2D eigenvalue weighted by Crippen LogP contribution is -2.51. The van der Waals surface area contributed by atoms with Crippen LogP contribution in [-0.2, 0) is 10.3 Å². The van der Waals surface area contributed by atoms with Gasteiger partial charge in [-0.3, -0.25) is 4.79 Å². The van der Waals surface area contributed by atoms with E-state index in [9.17, 15) is 4.79 Å². The molecule has 1 aromatic heterocycles. The molecule has 4 heteroatoms. The fraction of sp³-hybridized carbons (Fsp3) is 0.542. The Kier molecular flexibility index (Phi) is 4.45. The normalized spacial score (nSPS) is 20.7. The molecule has 3 aliphatic rings. The van der Waals surface area contributed by atoms with Crippen LogP contribution in [0.4, 0.5) is 5.69 Å². The number of aromatic nitrogens is 1. The molecule has 1 amide bonds. The number of likely N-dealkylation sites (tertiary alicyclic amines) is 1. The third-order valence-electron chi connectivity index (χ3n) is 7.24. The van der Waals surface area contributed by atoms with Crippen molar-refractivity contribution in [1.29, 1.82) is 0 Å². The zero-order valence-electron chi connectivity index (χ0n) is 16.9. The largest absolute Gasteiger partial charge is 0.372 e. The van der Waals surface area contributed by atoms with Crippen molar-refractivity contribution < 1.29 is 4.79 Å². The van der Waals surface area contributed by atoms with Crippen LogP contribution in [0.25, 0.3) is 5.69 Å². The topological polar surface area (TPSA) is 37.3 Å². The van der Waals surface area contributed by atoms with E-state index in [4.69, 9.17) is 0 Å². The number of aryl methyl sites for hydroxylation is 1. The highest BCUT2D eigenvalue weighted by atomic mass is 16.2. The standard InChI is InChI=1S/C24H31N3O/c1-18-8-10-21-20(17-18)25-24(22-7-4-14-27(21)22)12-15-26(16-13-24)23(28)11-9-19-5-2-3-6-19/h4,7-8,10,14,17,19,25H,2-3,5-6,9,11-13,15-16H2,1H3. The number of nitrogens with one attached hydrogen (secondary N) is 1. The first kappa shape index (κ1) is 17.8. The second-order valence-corrected chi connectivity index (χ2v) is 9.06. The summed E-state index contributed by atoms with van der Waals surface area (Å²) < 4.78 is 2.34. The summed E-state index contributed by atoms with van der Waals surface area (Å²) in [6.07, 6.45) is 11.3. The maximum absolute atomic E-state index is 12.8. The molecule has 0 bridgehead atoms. The van der Waals surface area contributed by atoms with E-state index in [2.05, 4.69) is 58.2 Å². The van der Waals surface area contributed by atoms with Crippen molar-refractivity contribution in [2.24, 2.45) is 5.92 Å². The van der Waals surface area contributed by atoms with Crippen LogP contribution >= 0.6 is 0 Å². The van der Waals surface area contributed by atoms with Crippen LogP contribution in [0.3, 0.4) is 0 Å². The molecule has 28 heavy (non-hydrogen) atoms. The maximum atomic E-state index is 12.8. The predicted molar refractivity (Wildman–Crippen MR) is 113 cm³/mol. The fourth-order valence-corrected chi connectivity index (χ4v) is 5.57. The quantitative estimate of drug-likeness (QED) is 0.817. The molecule has 148 valence electrons. The Labute approximate surface area is 167 Å². The Morgan fingerprint density at radius 3 is 2.75 bits per heavy atom. The first-order chi connectivity index (χ1) is 13.6. The molecular weight excluding hydrogens is 346 g/mol. The molecule has 5 rings (SSSR count). The number of fused-ring (bicyclic) bond motifs is 4. The molecule has 0 radical (unpaired) electrons. The number of hydrogen-bond acceptors (Lipinski definition) is 2. The van der Waals surface area contributed by atoms with Crippen molar-refractivity contribution in [1.82, 2.24) is 9.47 Å². The highest BCUT2D eigenvalue weighted by molar-refractivity contribution is 5.76. The van der Waals surface area contributed by atoms with Crippen molar-refractivity contribution in [2.45, 2.75) is 63.8 Å². The van der Waals surface area contributed by atoms with Gasteiger partial charge in [-0.05, 0) is 61.9 Å². The van der Waals surface area contributed by atoms with Gasteiger partial charge in [0.2, 0.25) is 5.91 Å². The molecule has 1 saturated carbocycles. The molecule has 2 aliphatic heterocycles. The predicted octanol–water partition coefficient (Wildman–Crippen LogP) is 5.00. The molecule has 1 aromatic carbocycles. The first-order valence-corrected chi connectivity index (χ1v) is 11.0. The molecule has 1 spiro atoms. The summed E-state index contributed by atoms with van der Waals surface area (Å²) in [6.45, 7) is 3.84. The van der Waals surface area contributed by atoms with Crippen molar-refractivity contribution >= 4 is 11.6 Å². The number of anilines is 1. The fourth-order valence-electron chi connectivity index (χ4n) is 5.57. The van der Waals surface area contributed by atoms with E-state index in [1.165, 1.54) is 48.3 Å². The monoisotopic (exact) mass is 377 g/mol. The lowest BCUT2D eigenvalue weighted by molar-refractivity contribution is -0.133. The molecule has 3 heterocycles. The molecule has 0 unspecified atom stereocenters. The Balaban J connectivity index is 1.30. The Bertz CT molecular complexity index is 870. The molecular formula is C24H31N3O. The summed E-state index contributed by atoms with van der Waals surface area (Å²) in [5.74, 6) is 1.16. The lowest BCUT2D eigenvalue weighted by atomic mass is 9.82. The summed E-state index contributed by atoms with van der Waals surface area (Å²) in [4.78, 5) is 14.9. The van der Waals surface area contributed by atoms with E-state index in [0.717, 1.165) is 44.7 Å². The summed E-state index contributed by atoms with van der Waals surface area (Å²) in [5.41, 5.74) is 4.99.